The average Bonchev–Trinajstić information content (AvgIpc) is 2.35. The summed E-state index contributed by atoms with van der Waals surface area (Å²) in [5.74, 6) is 0.327. The number of methoxy groups -OCH3 is 1. The third kappa shape index (κ3) is 3.86. The molecular formula is C11H18N2O4S. The van der Waals surface area contributed by atoms with Gasteiger partial charge in [0.2, 0.25) is 10.0 Å². The lowest BCUT2D eigenvalue weighted by molar-refractivity contribution is 0.285. The van der Waals surface area contributed by atoms with Crippen molar-refractivity contribution in [1.82, 2.24) is 4.72 Å². The highest BCUT2D eigenvalue weighted by Crippen LogP contribution is 2.24. The molecule has 0 atom stereocenters. The molecule has 4 N–H and O–H groups in total. The van der Waals surface area contributed by atoms with Gasteiger partial charge in [0.15, 0.2) is 0 Å². The van der Waals surface area contributed by atoms with Crippen LogP contribution in [0.2, 0.25) is 0 Å². The molecule has 0 aliphatic heterocycles. The summed E-state index contributed by atoms with van der Waals surface area (Å²) in [4.78, 5) is 0.109. The first-order valence-corrected chi connectivity index (χ1v) is 7.03. The summed E-state index contributed by atoms with van der Waals surface area (Å²) >= 11 is 0. The number of anilines is 1. The van der Waals surface area contributed by atoms with Gasteiger partial charge in [-0.05, 0) is 25.0 Å². The van der Waals surface area contributed by atoms with E-state index in [1.165, 1.54) is 25.3 Å². The SMILES string of the molecule is COc1cc(S(=O)(=O)NCCCCO)ccc1N. The van der Waals surface area contributed by atoms with Crippen molar-refractivity contribution in [2.45, 2.75) is 17.7 Å². The van der Waals surface area contributed by atoms with Crippen LogP contribution in [-0.2, 0) is 10.0 Å². The lowest BCUT2D eigenvalue weighted by atomic mass is 10.3. The summed E-state index contributed by atoms with van der Waals surface area (Å²) in [7, 11) is -2.13. The van der Waals surface area contributed by atoms with Crippen molar-refractivity contribution in [3.8, 4) is 5.75 Å². The number of aliphatic hydroxyl groups is 1. The smallest absolute Gasteiger partial charge is 0.240 e. The van der Waals surface area contributed by atoms with Crippen LogP contribution in [0.25, 0.3) is 0 Å². The van der Waals surface area contributed by atoms with E-state index in [0.717, 1.165) is 0 Å². The molecule has 0 saturated heterocycles. The monoisotopic (exact) mass is 274 g/mol. The van der Waals surface area contributed by atoms with Gasteiger partial charge in [-0.1, -0.05) is 0 Å². The van der Waals surface area contributed by atoms with Crippen LogP contribution in [0, 0.1) is 0 Å². The minimum Gasteiger partial charge on any atom is -0.495 e. The predicted octanol–water partition coefficient (Wildman–Crippen LogP) is 0.328. The minimum atomic E-state index is -3.56. The lowest BCUT2D eigenvalue weighted by Gasteiger charge is -2.09. The molecule has 0 aliphatic carbocycles. The molecular weight excluding hydrogens is 256 g/mol. The van der Waals surface area contributed by atoms with Crippen molar-refractivity contribution in [1.29, 1.82) is 0 Å². The van der Waals surface area contributed by atoms with Crippen LogP contribution in [0.1, 0.15) is 12.8 Å². The molecule has 0 fully saturated rings. The first-order valence-electron chi connectivity index (χ1n) is 5.55. The molecule has 1 aromatic rings. The zero-order valence-electron chi connectivity index (χ0n) is 10.2. The zero-order chi connectivity index (χ0) is 13.6. The van der Waals surface area contributed by atoms with Gasteiger partial charge >= 0.3 is 0 Å². The number of nitrogens with one attached hydrogen (secondary N) is 1. The number of hydrogen-bond acceptors (Lipinski definition) is 5. The first-order chi connectivity index (χ1) is 8.51. The standard InChI is InChI=1S/C11H18N2O4S/c1-17-11-8-9(4-5-10(11)12)18(15,16)13-6-2-3-7-14/h4-5,8,13-14H,2-3,6-7,12H2,1H3. The van der Waals surface area contributed by atoms with Gasteiger partial charge in [0.1, 0.15) is 5.75 Å². The zero-order valence-corrected chi connectivity index (χ0v) is 11.0. The maximum Gasteiger partial charge on any atom is 0.240 e. The van der Waals surface area contributed by atoms with Crippen LogP contribution in [0.5, 0.6) is 5.75 Å². The fraction of sp³-hybridized carbons (Fsp3) is 0.455. The van der Waals surface area contributed by atoms with Gasteiger partial charge < -0.3 is 15.6 Å². The number of unbranched alkanes of at least 4 members (excludes halogenated alkanes) is 1. The van der Waals surface area contributed by atoms with Crippen molar-refractivity contribution in [3.05, 3.63) is 18.2 Å². The predicted molar refractivity (Wildman–Crippen MR) is 68.9 cm³/mol. The van der Waals surface area contributed by atoms with Gasteiger partial charge in [0, 0.05) is 19.2 Å². The molecule has 0 amide bonds. The molecule has 0 bridgehead atoms. The van der Waals surface area contributed by atoms with E-state index >= 15 is 0 Å². The molecule has 0 aromatic heterocycles. The molecule has 0 heterocycles. The maximum atomic E-state index is 11.9. The molecule has 7 heteroatoms. The van der Waals surface area contributed by atoms with Gasteiger partial charge in [-0.15, -0.1) is 0 Å². The molecule has 0 saturated carbocycles. The molecule has 1 rings (SSSR count). The molecule has 102 valence electrons. The summed E-state index contributed by atoms with van der Waals surface area (Å²) in [6.45, 7) is 0.340. The number of sulfonamides is 1. The second kappa shape index (κ2) is 6.58. The Morgan fingerprint density at radius 3 is 2.72 bits per heavy atom. The second-order valence-electron chi connectivity index (χ2n) is 3.73. The number of rotatable bonds is 7. The molecule has 0 radical (unpaired) electrons. The minimum absolute atomic E-state index is 0.0530. The van der Waals surface area contributed by atoms with Crippen LogP contribution in [0.15, 0.2) is 23.1 Å². The van der Waals surface area contributed by atoms with Gasteiger partial charge in [0.25, 0.3) is 0 Å². The normalized spacial score (nSPS) is 11.4. The van der Waals surface area contributed by atoms with Crippen LogP contribution in [0.4, 0.5) is 5.69 Å². The van der Waals surface area contributed by atoms with E-state index < -0.39 is 10.0 Å². The molecule has 18 heavy (non-hydrogen) atoms. The van der Waals surface area contributed by atoms with Crippen molar-refractivity contribution in [3.63, 3.8) is 0 Å². The van der Waals surface area contributed by atoms with E-state index in [4.69, 9.17) is 15.6 Å². The largest absolute Gasteiger partial charge is 0.495 e. The van der Waals surface area contributed by atoms with Gasteiger partial charge in [-0.3, -0.25) is 0 Å². The highest BCUT2D eigenvalue weighted by molar-refractivity contribution is 7.89. The third-order valence-corrected chi connectivity index (χ3v) is 3.85. The van der Waals surface area contributed by atoms with E-state index in [1.54, 1.807) is 0 Å². The van der Waals surface area contributed by atoms with E-state index in [-0.39, 0.29) is 18.0 Å². The summed E-state index contributed by atoms with van der Waals surface area (Å²) in [5, 5.41) is 8.60. The van der Waals surface area contributed by atoms with E-state index in [2.05, 4.69) is 4.72 Å². The van der Waals surface area contributed by atoms with Gasteiger partial charge in [-0.25, -0.2) is 13.1 Å². The van der Waals surface area contributed by atoms with Gasteiger partial charge in [-0.2, -0.15) is 0 Å². The van der Waals surface area contributed by atoms with Gasteiger partial charge in [0.05, 0.1) is 17.7 Å². The number of aliphatic hydroxyl groups excluding tert-OH is 1. The Morgan fingerprint density at radius 1 is 1.39 bits per heavy atom. The number of nitrogen functional groups attached to an aromatic ring is 1. The summed E-state index contributed by atoms with van der Waals surface area (Å²) in [5.41, 5.74) is 6.00. The number of hydrogen-bond donors (Lipinski definition) is 3. The quantitative estimate of drug-likeness (QED) is 0.491. The Morgan fingerprint density at radius 2 is 2.11 bits per heavy atom. The topological polar surface area (TPSA) is 102 Å². The Hall–Kier alpha value is -1.31. The molecule has 0 unspecified atom stereocenters. The molecule has 6 nitrogen and oxygen atoms in total. The summed E-state index contributed by atoms with van der Waals surface area (Å²) in [6.07, 6.45) is 1.15. The van der Waals surface area contributed by atoms with E-state index in [1.807, 2.05) is 0 Å². The summed E-state index contributed by atoms with van der Waals surface area (Å²) < 4.78 is 31.2. The lowest BCUT2D eigenvalue weighted by Crippen LogP contribution is -2.25. The van der Waals surface area contributed by atoms with Crippen molar-refractivity contribution in [2.24, 2.45) is 0 Å². The fourth-order valence-corrected chi connectivity index (χ4v) is 2.47. The van der Waals surface area contributed by atoms with Crippen LogP contribution in [0.3, 0.4) is 0 Å². The van der Waals surface area contributed by atoms with Crippen molar-refractivity contribution >= 4 is 15.7 Å². The Balaban J connectivity index is 2.78. The fourth-order valence-electron chi connectivity index (χ4n) is 1.39. The average molecular weight is 274 g/mol. The second-order valence-corrected chi connectivity index (χ2v) is 5.50. The molecule has 0 spiro atoms. The molecule has 1 aromatic carbocycles. The van der Waals surface area contributed by atoms with Crippen molar-refractivity contribution in [2.75, 3.05) is 26.0 Å². The molecule has 0 aliphatic rings. The Bertz CT molecular complexity index is 488. The maximum absolute atomic E-state index is 11.9. The number of benzene rings is 1. The van der Waals surface area contributed by atoms with Crippen molar-refractivity contribution < 1.29 is 18.3 Å². The highest BCUT2D eigenvalue weighted by atomic mass is 32.2. The number of nitrogens with two attached hydrogens (primary N) is 1. The first kappa shape index (κ1) is 14.7. The van der Waals surface area contributed by atoms with Crippen LogP contribution in [-0.4, -0.2) is 33.8 Å². The van der Waals surface area contributed by atoms with Crippen LogP contribution >= 0.6 is 0 Å². The van der Waals surface area contributed by atoms with E-state index in [0.29, 0.717) is 24.3 Å². The van der Waals surface area contributed by atoms with Crippen LogP contribution < -0.4 is 15.2 Å². The summed E-state index contributed by atoms with van der Waals surface area (Å²) in [6, 6.07) is 4.29. The van der Waals surface area contributed by atoms with E-state index in [9.17, 15) is 8.42 Å². The Labute approximate surface area is 107 Å². The third-order valence-electron chi connectivity index (χ3n) is 2.39. The Kier molecular flexibility index (Phi) is 5.39. The highest BCUT2D eigenvalue weighted by Gasteiger charge is 2.15. The number of ether oxygens (including phenoxy) is 1.